The minimum Gasteiger partial charge on any atom is -0.444 e. The van der Waals surface area contributed by atoms with Crippen LogP contribution in [0.3, 0.4) is 0 Å². The van der Waals surface area contributed by atoms with Crippen LogP contribution in [-0.2, 0) is 11.3 Å². The fraction of sp³-hybridized carbons (Fsp3) is 0.750. The molecule has 1 aromatic heterocycles. The molecule has 1 amide bonds. The summed E-state index contributed by atoms with van der Waals surface area (Å²) in [7, 11) is 0. The predicted octanol–water partition coefficient (Wildman–Crippen LogP) is 3.33. The summed E-state index contributed by atoms with van der Waals surface area (Å²) < 4.78 is 5.47. The van der Waals surface area contributed by atoms with Crippen molar-refractivity contribution in [2.75, 3.05) is 6.54 Å². The Labute approximate surface area is 137 Å². The maximum atomic E-state index is 12.2. The van der Waals surface area contributed by atoms with Gasteiger partial charge in [0.15, 0.2) is 0 Å². The molecule has 1 N–H and O–H groups in total. The molecule has 22 heavy (non-hydrogen) atoms. The fourth-order valence-electron chi connectivity index (χ4n) is 2.69. The first kappa shape index (κ1) is 17.2. The number of thiazole rings is 1. The standard InChI is InChI=1S/C16H27N3O2S/c1-11-8-13(17-9-14-10-22-12(2)18-14)6-7-19(11)15(20)21-16(3,4)5/h10-11,13,17H,6-9H2,1-5H3. The van der Waals surface area contributed by atoms with Crippen molar-refractivity contribution < 1.29 is 9.53 Å². The van der Waals surface area contributed by atoms with Crippen LogP contribution in [0.2, 0.25) is 0 Å². The van der Waals surface area contributed by atoms with Gasteiger partial charge in [-0.3, -0.25) is 0 Å². The number of likely N-dealkylation sites (tertiary alicyclic amines) is 1. The van der Waals surface area contributed by atoms with E-state index in [1.165, 1.54) is 0 Å². The van der Waals surface area contributed by atoms with E-state index in [1.807, 2.05) is 32.6 Å². The number of hydrogen-bond donors (Lipinski definition) is 1. The minimum absolute atomic E-state index is 0.193. The van der Waals surface area contributed by atoms with E-state index in [1.54, 1.807) is 11.3 Å². The molecule has 0 aromatic carbocycles. The Balaban J connectivity index is 1.80. The zero-order chi connectivity index (χ0) is 16.3. The lowest BCUT2D eigenvalue weighted by molar-refractivity contribution is 0.00931. The molecule has 1 fully saturated rings. The second-order valence-corrected chi connectivity index (χ2v) is 8.05. The van der Waals surface area contributed by atoms with Crippen LogP contribution < -0.4 is 5.32 Å². The second kappa shape index (κ2) is 6.96. The van der Waals surface area contributed by atoms with Crippen molar-refractivity contribution in [2.45, 2.75) is 71.7 Å². The largest absolute Gasteiger partial charge is 0.444 e. The molecule has 0 spiro atoms. The van der Waals surface area contributed by atoms with E-state index in [-0.39, 0.29) is 12.1 Å². The van der Waals surface area contributed by atoms with Crippen molar-refractivity contribution >= 4 is 17.4 Å². The lowest BCUT2D eigenvalue weighted by atomic mass is 9.98. The summed E-state index contributed by atoms with van der Waals surface area (Å²) in [6, 6.07) is 0.619. The summed E-state index contributed by atoms with van der Waals surface area (Å²) in [6.45, 7) is 11.4. The lowest BCUT2D eigenvalue weighted by Gasteiger charge is -2.38. The van der Waals surface area contributed by atoms with E-state index in [0.29, 0.717) is 6.04 Å². The van der Waals surface area contributed by atoms with Crippen LogP contribution in [0.4, 0.5) is 4.79 Å². The van der Waals surface area contributed by atoms with Gasteiger partial charge in [0.25, 0.3) is 0 Å². The first-order valence-electron chi connectivity index (χ1n) is 7.88. The number of aryl methyl sites for hydroxylation is 1. The number of aromatic nitrogens is 1. The molecule has 1 aliphatic rings. The highest BCUT2D eigenvalue weighted by Gasteiger charge is 2.31. The number of nitrogens with zero attached hydrogens (tertiary/aromatic N) is 2. The third-order valence-electron chi connectivity index (χ3n) is 3.74. The summed E-state index contributed by atoms with van der Waals surface area (Å²) in [4.78, 5) is 18.5. The highest BCUT2D eigenvalue weighted by molar-refractivity contribution is 7.09. The van der Waals surface area contributed by atoms with Crippen molar-refractivity contribution in [3.8, 4) is 0 Å². The molecule has 124 valence electrons. The van der Waals surface area contributed by atoms with Gasteiger partial charge in [-0.25, -0.2) is 9.78 Å². The van der Waals surface area contributed by atoms with Gasteiger partial charge < -0.3 is 15.0 Å². The number of piperidine rings is 1. The van der Waals surface area contributed by atoms with Crippen molar-refractivity contribution in [1.29, 1.82) is 0 Å². The minimum atomic E-state index is -0.436. The van der Waals surface area contributed by atoms with Gasteiger partial charge in [0.1, 0.15) is 5.60 Å². The van der Waals surface area contributed by atoms with Crippen LogP contribution in [0.25, 0.3) is 0 Å². The molecule has 0 radical (unpaired) electrons. The molecule has 2 heterocycles. The molecule has 0 aliphatic carbocycles. The molecule has 1 aromatic rings. The third-order valence-corrected chi connectivity index (χ3v) is 4.56. The van der Waals surface area contributed by atoms with Gasteiger partial charge in [-0.1, -0.05) is 0 Å². The number of carbonyl (C=O) groups is 1. The van der Waals surface area contributed by atoms with E-state index >= 15 is 0 Å². The Kier molecular flexibility index (Phi) is 5.45. The Morgan fingerprint density at radius 1 is 1.55 bits per heavy atom. The van der Waals surface area contributed by atoms with E-state index in [0.717, 1.165) is 36.6 Å². The van der Waals surface area contributed by atoms with Gasteiger partial charge in [0, 0.05) is 30.6 Å². The summed E-state index contributed by atoms with van der Waals surface area (Å²) in [5.74, 6) is 0. The van der Waals surface area contributed by atoms with E-state index < -0.39 is 5.60 Å². The zero-order valence-electron chi connectivity index (χ0n) is 14.2. The van der Waals surface area contributed by atoms with Crippen LogP contribution in [0.5, 0.6) is 0 Å². The number of ether oxygens (including phenoxy) is 1. The summed E-state index contributed by atoms with van der Waals surface area (Å²) >= 11 is 1.68. The number of amides is 1. The second-order valence-electron chi connectivity index (χ2n) is 6.98. The molecule has 2 rings (SSSR count). The van der Waals surface area contributed by atoms with Gasteiger partial charge >= 0.3 is 6.09 Å². The van der Waals surface area contributed by atoms with Gasteiger partial charge in [-0.15, -0.1) is 11.3 Å². The lowest BCUT2D eigenvalue weighted by Crippen LogP contribution is -2.50. The Morgan fingerprint density at radius 2 is 2.27 bits per heavy atom. The first-order chi connectivity index (χ1) is 10.2. The fourth-order valence-corrected chi connectivity index (χ4v) is 3.30. The Hall–Kier alpha value is -1.14. The van der Waals surface area contributed by atoms with Crippen molar-refractivity contribution in [1.82, 2.24) is 15.2 Å². The SMILES string of the molecule is Cc1nc(CNC2CCN(C(=O)OC(C)(C)C)C(C)C2)cs1. The maximum absolute atomic E-state index is 12.2. The van der Waals surface area contributed by atoms with Crippen molar-refractivity contribution in [3.63, 3.8) is 0 Å². The quantitative estimate of drug-likeness (QED) is 0.926. The van der Waals surface area contributed by atoms with Crippen molar-refractivity contribution in [2.24, 2.45) is 0 Å². The summed E-state index contributed by atoms with van der Waals surface area (Å²) in [5, 5.41) is 6.76. The number of nitrogens with one attached hydrogen (secondary N) is 1. The summed E-state index contributed by atoms with van der Waals surface area (Å²) in [5.41, 5.74) is 0.665. The molecule has 0 saturated carbocycles. The molecule has 0 bridgehead atoms. The summed E-state index contributed by atoms with van der Waals surface area (Å²) in [6.07, 6.45) is 1.70. The van der Waals surface area contributed by atoms with Crippen LogP contribution in [-0.4, -0.2) is 40.2 Å². The van der Waals surface area contributed by atoms with Gasteiger partial charge in [0.2, 0.25) is 0 Å². The van der Waals surface area contributed by atoms with Crippen molar-refractivity contribution in [3.05, 3.63) is 16.1 Å². The Bertz CT molecular complexity index is 510. The highest BCUT2D eigenvalue weighted by atomic mass is 32.1. The number of carbonyl (C=O) groups excluding carboxylic acids is 1. The van der Waals surface area contributed by atoms with Crippen LogP contribution >= 0.6 is 11.3 Å². The zero-order valence-corrected chi connectivity index (χ0v) is 15.0. The average molecular weight is 325 g/mol. The molecule has 2 unspecified atom stereocenters. The average Bonchev–Trinajstić information content (AvgIpc) is 2.80. The third kappa shape index (κ3) is 4.95. The normalized spacial score (nSPS) is 22.7. The van der Waals surface area contributed by atoms with Gasteiger partial charge in [-0.05, 0) is 47.5 Å². The number of rotatable bonds is 3. The van der Waals surface area contributed by atoms with Crippen LogP contribution in [0.15, 0.2) is 5.38 Å². The molecule has 1 aliphatic heterocycles. The van der Waals surface area contributed by atoms with Gasteiger partial charge in [0.05, 0.1) is 10.7 Å². The topological polar surface area (TPSA) is 54.5 Å². The highest BCUT2D eigenvalue weighted by Crippen LogP contribution is 2.21. The molecule has 6 heteroatoms. The Morgan fingerprint density at radius 3 is 2.82 bits per heavy atom. The van der Waals surface area contributed by atoms with Gasteiger partial charge in [-0.2, -0.15) is 0 Å². The van der Waals surface area contributed by atoms with E-state index in [4.69, 9.17) is 4.74 Å². The van der Waals surface area contributed by atoms with Crippen LogP contribution in [0, 0.1) is 6.92 Å². The maximum Gasteiger partial charge on any atom is 0.410 e. The van der Waals surface area contributed by atoms with Crippen LogP contribution in [0.1, 0.15) is 51.2 Å². The smallest absolute Gasteiger partial charge is 0.410 e. The van der Waals surface area contributed by atoms with E-state index in [9.17, 15) is 4.79 Å². The number of hydrogen-bond acceptors (Lipinski definition) is 5. The molecular formula is C16H27N3O2S. The first-order valence-corrected chi connectivity index (χ1v) is 8.76. The van der Waals surface area contributed by atoms with E-state index in [2.05, 4.69) is 22.6 Å². The molecular weight excluding hydrogens is 298 g/mol. The molecule has 1 saturated heterocycles. The molecule has 2 atom stereocenters. The predicted molar refractivity (Wildman–Crippen MR) is 89.1 cm³/mol. The molecule has 5 nitrogen and oxygen atoms in total. The monoisotopic (exact) mass is 325 g/mol.